The van der Waals surface area contributed by atoms with Crippen molar-refractivity contribution in [3.8, 4) is 0 Å². The summed E-state index contributed by atoms with van der Waals surface area (Å²) in [5.41, 5.74) is 0. The van der Waals surface area contributed by atoms with Crippen molar-refractivity contribution in [2.24, 2.45) is 0 Å². The summed E-state index contributed by atoms with van der Waals surface area (Å²) >= 11 is 0. The van der Waals surface area contributed by atoms with Crippen molar-refractivity contribution in [2.45, 2.75) is 56.9 Å². The molecular formula is C12H19N3O. The molecule has 1 aromatic heterocycles. The van der Waals surface area contributed by atoms with Crippen molar-refractivity contribution in [3.05, 3.63) is 11.7 Å². The van der Waals surface area contributed by atoms with Gasteiger partial charge in [-0.3, -0.25) is 0 Å². The Morgan fingerprint density at radius 1 is 1.06 bits per heavy atom. The average molecular weight is 221 g/mol. The van der Waals surface area contributed by atoms with Gasteiger partial charge in [0.25, 0.3) is 0 Å². The maximum atomic E-state index is 5.36. The molecule has 2 fully saturated rings. The average Bonchev–Trinajstić information content (AvgIpc) is 2.52. The van der Waals surface area contributed by atoms with Crippen LogP contribution in [0.15, 0.2) is 4.52 Å². The molecule has 1 atom stereocenters. The Kier molecular flexibility index (Phi) is 2.91. The van der Waals surface area contributed by atoms with Gasteiger partial charge in [0.2, 0.25) is 5.89 Å². The molecule has 1 saturated heterocycles. The number of nitrogens with one attached hydrogen (secondary N) is 1. The van der Waals surface area contributed by atoms with Crippen LogP contribution in [0.25, 0.3) is 0 Å². The molecule has 0 bridgehead atoms. The number of hydrogen-bond donors (Lipinski definition) is 1. The van der Waals surface area contributed by atoms with Crippen molar-refractivity contribution in [3.63, 3.8) is 0 Å². The lowest BCUT2D eigenvalue weighted by Crippen LogP contribution is -2.21. The van der Waals surface area contributed by atoms with E-state index in [1.165, 1.54) is 38.5 Å². The molecule has 3 rings (SSSR count). The van der Waals surface area contributed by atoms with Crippen molar-refractivity contribution >= 4 is 0 Å². The van der Waals surface area contributed by atoms with E-state index in [0.29, 0.717) is 12.0 Å². The zero-order valence-corrected chi connectivity index (χ0v) is 9.61. The first kappa shape index (κ1) is 10.3. The minimum Gasteiger partial charge on any atom is -0.339 e. The first-order valence-electron chi connectivity index (χ1n) is 6.50. The third-order valence-corrected chi connectivity index (χ3v) is 3.78. The van der Waals surface area contributed by atoms with E-state index in [9.17, 15) is 0 Å². The molecule has 4 nitrogen and oxygen atoms in total. The van der Waals surface area contributed by atoms with Gasteiger partial charge in [0.1, 0.15) is 0 Å². The molecule has 0 aromatic carbocycles. The molecule has 88 valence electrons. The van der Waals surface area contributed by atoms with Crippen LogP contribution in [-0.2, 0) is 0 Å². The van der Waals surface area contributed by atoms with Gasteiger partial charge in [-0.15, -0.1) is 0 Å². The lowest BCUT2D eigenvalue weighted by atomic mass is 9.85. The van der Waals surface area contributed by atoms with Gasteiger partial charge in [-0.25, -0.2) is 0 Å². The van der Waals surface area contributed by atoms with Crippen molar-refractivity contribution in [1.29, 1.82) is 0 Å². The van der Waals surface area contributed by atoms with Crippen LogP contribution in [0.1, 0.15) is 68.6 Å². The standard InChI is InChI=1S/C12H19N3O/c1-2-7-10(13-8-3-1)11-14-12(16-15-11)9-5-4-6-9/h9-10,13H,1-8H2/t10-/m0/s1. The topological polar surface area (TPSA) is 51.0 Å². The normalized spacial score (nSPS) is 27.4. The molecule has 4 heteroatoms. The van der Waals surface area contributed by atoms with E-state index < -0.39 is 0 Å². The highest BCUT2D eigenvalue weighted by Gasteiger charge is 2.27. The summed E-state index contributed by atoms with van der Waals surface area (Å²) in [4.78, 5) is 4.56. The first-order valence-corrected chi connectivity index (χ1v) is 6.50. The van der Waals surface area contributed by atoms with E-state index in [1.807, 2.05) is 0 Å². The highest BCUT2D eigenvalue weighted by Crippen LogP contribution is 2.35. The number of nitrogens with zero attached hydrogens (tertiary/aromatic N) is 2. The zero-order chi connectivity index (χ0) is 10.8. The Balaban J connectivity index is 1.70. The van der Waals surface area contributed by atoms with Crippen LogP contribution in [0, 0.1) is 0 Å². The fraction of sp³-hybridized carbons (Fsp3) is 0.833. The summed E-state index contributed by atoms with van der Waals surface area (Å²) in [5.74, 6) is 2.29. The number of hydrogen-bond acceptors (Lipinski definition) is 4. The Bertz CT molecular complexity index is 338. The van der Waals surface area contributed by atoms with Gasteiger partial charge < -0.3 is 9.84 Å². The van der Waals surface area contributed by atoms with Gasteiger partial charge in [0.15, 0.2) is 5.82 Å². The Morgan fingerprint density at radius 3 is 2.81 bits per heavy atom. The first-order chi connectivity index (χ1) is 7.93. The molecule has 0 radical (unpaired) electrons. The second-order valence-corrected chi connectivity index (χ2v) is 4.97. The van der Waals surface area contributed by atoms with Crippen molar-refractivity contribution in [2.75, 3.05) is 6.54 Å². The predicted molar refractivity (Wildman–Crippen MR) is 60.1 cm³/mol. The smallest absolute Gasteiger partial charge is 0.229 e. The summed E-state index contributed by atoms with van der Waals surface area (Å²) in [6.07, 6.45) is 8.75. The SMILES string of the molecule is C1CCN[C@H](c2noc(C3CCC3)n2)CC1. The predicted octanol–water partition coefficient (Wildman–Crippen LogP) is 2.54. The van der Waals surface area contributed by atoms with Crippen LogP contribution in [-0.4, -0.2) is 16.7 Å². The van der Waals surface area contributed by atoms with Gasteiger partial charge >= 0.3 is 0 Å². The lowest BCUT2D eigenvalue weighted by molar-refractivity contribution is 0.289. The minimum atomic E-state index is 0.320. The second-order valence-electron chi connectivity index (χ2n) is 4.97. The van der Waals surface area contributed by atoms with Crippen LogP contribution in [0.3, 0.4) is 0 Å². The van der Waals surface area contributed by atoms with E-state index in [0.717, 1.165) is 24.7 Å². The zero-order valence-electron chi connectivity index (χ0n) is 9.61. The molecule has 0 unspecified atom stereocenters. The highest BCUT2D eigenvalue weighted by atomic mass is 16.5. The molecular weight excluding hydrogens is 202 g/mol. The molecule has 1 saturated carbocycles. The highest BCUT2D eigenvalue weighted by molar-refractivity contribution is 5.01. The molecule has 1 N–H and O–H groups in total. The molecule has 1 aromatic rings. The maximum absolute atomic E-state index is 5.36. The molecule has 0 amide bonds. The van der Waals surface area contributed by atoms with Gasteiger partial charge in [0, 0.05) is 5.92 Å². The number of aromatic nitrogens is 2. The van der Waals surface area contributed by atoms with E-state index in [2.05, 4.69) is 15.5 Å². The molecule has 16 heavy (non-hydrogen) atoms. The molecule has 2 aliphatic rings. The Labute approximate surface area is 95.8 Å². The van der Waals surface area contributed by atoms with Crippen LogP contribution in [0.2, 0.25) is 0 Å². The quantitative estimate of drug-likeness (QED) is 0.833. The van der Waals surface area contributed by atoms with Crippen molar-refractivity contribution < 1.29 is 4.52 Å². The lowest BCUT2D eigenvalue weighted by Gasteiger charge is -2.20. The molecule has 2 heterocycles. The maximum Gasteiger partial charge on any atom is 0.229 e. The van der Waals surface area contributed by atoms with E-state index in [4.69, 9.17) is 4.52 Å². The van der Waals surface area contributed by atoms with Gasteiger partial charge in [0.05, 0.1) is 6.04 Å². The summed E-state index contributed by atoms with van der Waals surface area (Å²) in [6.45, 7) is 1.08. The fourth-order valence-electron chi connectivity index (χ4n) is 2.46. The second kappa shape index (κ2) is 4.53. The molecule has 0 spiro atoms. The van der Waals surface area contributed by atoms with Gasteiger partial charge in [-0.2, -0.15) is 4.98 Å². The molecule has 1 aliphatic heterocycles. The Morgan fingerprint density at radius 2 is 2.00 bits per heavy atom. The van der Waals surface area contributed by atoms with E-state index in [-0.39, 0.29) is 0 Å². The largest absolute Gasteiger partial charge is 0.339 e. The summed E-state index contributed by atoms with van der Waals surface area (Å²) in [6, 6.07) is 0.320. The third kappa shape index (κ3) is 1.98. The third-order valence-electron chi connectivity index (χ3n) is 3.78. The van der Waals surface area contributed by atoms with Gasteiger partial charge in [-0.1, -0.05) is 24.4 Å². The monoisotopic (exact) mass is 221 g/mol. The summed E-state index contributed by atoms with van der Waals surface area (Å²) in [7, 11) is 0. The van der Waals surface area contributed by atoms with Crippen LogP contribution in [0.5, 0.6) is 0 Å². The minimum absolute atomic E-state index is 0.320. The Hall–Kier alpha value is -0.900. The van der Waals surface area contributed by atoms with Crippen molar-refractivity contribution in [1.82, 2.24) is 15.5 Å². The fourth-order valence-corrected chi connectivity index (χ4v) is 2.46. The van der Waals surface area contributed by atoms with Crippen LogP contribution < -0.4 is 5.32 Å². The molecule has 1 aliphatic carbocycles. The van der Waals surface area contributed by atoms with Gasteiger partial charge in [-0.05, 0) is 32.2 Å². The summed E-state index contributed by atoms with van der Waals surface area (Å²) < 4.78 is 5.36. The van der Waals surface area contributed by atoms with Crippen LogP contribution >= 0.6 is 0 Å². The van der Waals surface area contributed by atoms with E-state index in [1.54, 1.807) is 0 Å². The van der Waals surface area contributed by atoms with Crippen LogP contribution in [0.4, 0.5) is 0 Å². The summed E-state index contributed by atoms with van der Waals surface area (Å²) in [5, 5.41) is 7.64. The van der Waals surface area contributed by atoms with E-state index >= 15 is 0 Å². The number of rotatable bonds is 2.